The average molecular weight is 202 g/mol. The lowest BCUT2D eigenvalue weighted by atomic mass is 9.86. The Hall–Kier alpha value is -1.57. The van der Waals surface area contributed by atoms with E-state index in [9.17, 15) is 4.79 Å². The summed E-state index contributed by atoms with van der Waals surface area (Å²) in [6.45, 7) is 0. The van der Waals surface area contributed by atoms with E-state index < -0.39 is 5.97 Å². The summed E-state index contributed by atoms with van der Waals surface area (Å²) in [6.07, 6.45) is 4.64. The maximum absolute atomic E-state index is 10.9. The molecule has 1 unspecified atom stereocenters. The highest BCUT2D eigenvalue weighted by Crippen LogP contribution is 2.30. The second-order valence-corrected chi connectivity index (χ2v) is 3.91. The summed E-state index contributed by atoms with van der Waals surface area (Å²) in [5.74, 6) is -0.485. The number of aliphatic carboxylic acids is 1. The van der Waals surface area contributed by atoms with Crippen molar-refractivity contribution in [2.45, 2.75) is 25.2 Å². The topological polar surface area (TPSA) is 37.3 Å². The highest BCUT2D eigenvalue weighted by atomic mass is 16.4. The highest BCUT2D eigenvalue weighted by molar-refractivity contribution is 5.86. The second kappa shape index (κ2) is 4.30. The van der Waals surface area contributed by atoms with E-state index in [2.05, 4.69) is 12.1 Å². The summed E-state index contributed by atoms with van der Waals surface area (Å²) in [6, 6.07) is 10.1. The Morgan fingerprint density at radius 2 is 2.00 bits per heavy atom. The molecule has 2 heteroatoms. The van der Waals surface area contributed by atoms with Crippen molar-refractivity contribution in [3.8, 4) is 0 Å². The van der Waals surface area contributed by atoms with Crippen LogP contribution in [0.4, 0.5) is 0 Å². The number of carboxylic acid groups (broad SMARTS) is 1. The van der Waals surface area contributed by atoms with Gasteiger partial charge in [-0.3, -0.25) is 0 Å². The zero-order valence-corrected chi connectivity index (χ0v) is 8.52. The van der Waals surface area contributed by atoms with Gasteiger partial charge < -0.3 is 5.11 Å². The molecule has 1 aliphatic rings. The quantitative estimate of drug-likeness (QED) is 0.800. The Kier molecular flexibility index (Phi) is 2.86. The van der Waals surface area contributed by atoms with Gasteiger partial charge in [-0.15, -0.1) is 0 Å². The summed E-state index contributed by atoms with van der Waals surface area (Å²) < 4.78 is 0. The van der Waals surface area contributed by atoms with Gasteiger partial charge in [0.15, 0.2) is 0 Å². The molecule has 0 fully saturated rings. The first-order valence-corrected chi connectivity index (χ1v) is 5.26. The van der Waals surface area contributed by atoms with Crippen LogP contribution < -0.4 is 0 Å². The maximum Gasteiger partial charge on any atom is 0.331 e. The number of benzene rings is 1. The van der Waals surface area contributed by atoms with Gasteiger partial charge in [0.25, 0.3) is 0 Å². The monoisotopic (exact) mass is 202 g/mol. The molecule has 1 aromatic rings. The molecule has 1 N–H and O–H groups in total. The predicted octanol–water partition coefficient (Wildman–Crippen LogP) is 2.97. The number of carbonyl (C=O) groups is 1. The van der Waals surface area contributed by atoms with Crippen LogP contribution in [0.2, 0.25) is 0 Å². The van der Waals surface area contributed by atoms with E-state index >= 15 is 0 Å². The average Bonchev–Trinajstić information content (AvgIpc) is 2.30. The lowest BCUT2D eigenvalue weighted by Gasteiger charge is -2.19. The van der Waals surface area contributed by atoms with Crippen molar-refractivity contribution in [3.63, 3.8) is 0 Å². The fourth-order valence-electron chi connectivity index (χ4n) is 2.06. The Balaban J connectivity index is 2.24. The van der Waals surface area contributed by atoms with Crippen LogP contribution in [0, 0.1) is 0 Å². The fourth-order valence-corrected chi connectivity index (χ4v) is 2.06. The molecule has 0 saturated heterocycles. The van der Waals surface area contributed by atoms with Crippen molar-refractivity contribution in [1.82, 2.24) is 0 Å². The van der Waals surface area contributed by atoms with Crippen LogP contribution in [0.5, 0.6) is 0 Å². The van der Waals surface area contributed by atoms with Crippen molar-refractivity contribution in [2.24, 2.45) is 0 Å². The molecule has 1 atom stereocenters. The van der Waals surface area contributed by atoms with Gasteiger partial charge in [-0.2, -0.15) is 0 Å². The molecule has 2 rings (SSSR count). The first-order chi connectivity index (χ1) is 7.27. The SMILES string of the molecule is O=C(O)C1=CC(c2ccccc2)CCC1. The standard InChI is InChI=1S/C13H14O2/c14-13(15)12-8-4-7-11(9-12)10-5-2-1-3-6-10/h1-3,5-6,9,11H,4,7-8H2,(H,14,15). The molecule has 15 heavy (non-hydrogen) atoms. The van der Waals surface area contributed by atoms with Crippen molar-refractivity contribution >= 4 is 5.97 Å². The van der Waals surface area contributed by atoms with Crippen LogP contribution in [-0.2, 0) is 4.79 Å². The summed E-state index contributed by atoms with van der Waals surface area (Å²) in [4.78, 5) is 10.9. The van der Waals surface area contributed by atoms with Gasteiger partial charge in [0.1, 0.15) is 0 Å². The van der Waals surface area contributed by atoms with Crippen LogP contribution in [-0.4, -0.2) is 11.1 Å². The van der Waals surface area contributed by atoms with Crippen LogP contribution >= 0.6 is 0 Å². The van der Waals surface area contributed by atoms with E-state index in [0.717, 1.165) is 12.8 Å². The summed E-state index contributed by atoms with van der Waals surface area (Å²) in [5.41, 5.74) is 1.78. The number of hydrogen-bond acceptors (Lipinski definition) is 1. The number of rotatable bonds is 2. The van der Waals surface area contributed by atoms with Gasteiger partial charge in [0.2, 0.25) is 0 Å². The van der Waals surface area contributed by atoms with Crippen LogP contribution in [0.3, 0.4) is 0 Å². The lowest BCUT2D eigenvalue weighted by Crippen LogP contribution is -2.09. The third kappa shape index (κ3) is 2.27. The largest absolute Gasteiger partial charge is 0.478 e. The summed E-state index contributed by atoms with van der Waals surface area (Å²) in [7, 11) is 0. The maximum atomic E-state index is 10.9. The van der Waals surface area contributed by atoms with Crippen molar-refractivity contribution in [2.75, 3.05) is 0 Å². The van der Waals surface area contributed by atoms with E-state index in [0.29, 0.717) is 12.0 Å². The van der Waals surface area contributed by atoms with Gasteiger partial charge in [0.05, 0.1) is 0 Å². The number of carboxylic acids is 1. The van der Waals surface area contributed by atoms with E-state index in [1.54, 1.807) is 0 Å². The number of hydrogen-bond donors (Lipinski definition) is 1. The first-order valence-electron chi connectivity index (χ1n) is 5.26. The smallest absolute Gasteiger partial charge is 0.331 e. The number of allylic oxidation sites excluding steroid dienone is 1. The molecule has 2 nitrogen and oxygen atoms in total. The van der Waals surface area contributed by atoms with Crippen LogP contribution in [0.1, 0.15) is 30.7 Å². The van der Waals surface area contributed by atoms with Gasteiger partial charge >= 0.3 is 5.97 Å². The minimum absolute atomic E-state index is 0.283. The van der Waals surface area contributed by atoms with Crippen LogP contribution in [0.15, 0.2) is 42.0 Å². The highest BCUT2D eigenvalue weighted by Gasteiger charge is 2.18. The third-order valence-electron chi connectivity index (χ3n) is 2.87. The summed E-state index contributed by atoms with van der Waals surface area (Å²) in [5, 5.41) is 8.93. The molecule has 0 aliphatic heterocycles. The third-order valence-corrected chi connectivity index (χ3v) is 2.87. The molecular formula is C13H14O2. The molecule has 1 aliphatic carbocycles. The molecule has 0 heterocycles. The molecule has 0 spiro atoms. The predicted molar refractivity (Wildman–Crippen MR) is 58.8 cm³/mol. The fraction of sp³-hybridized carbons (Fsp3) is 0.308. The van der Waals surface area contributed by atoms with Gasteiger partial charge in [0, 0.05) is 11.5 Å². The minimum Gasteiger partial charge on any atom is -0.478 e. The zero-order chi connectivity index (χ0) is 10.7. The Bertz CT molecular complexity index is 379. The zero-order valence-electron chi connectivity index (χ0n) is 8.52. The van der Waals surface area contributed by atoms with E-state index in [-0.39, 0.29) is 5.92 Å². The first kappa shape index (κ1) is 9.97. The Morgan fingerprint density at radius 1 is 1.27 bits per heavy atom. The Labute approximate surface area is 89.2 Å². The van der Waals surface area contributed by atoms with Crippen LogP contribution in [0.25, 0.3) is 0 Å². The van der Waals surface area contributed by atoms with Gasteiger partial charge in [-0.05, 0) is 24.8 Å². The van der Waals surface area contributed by atoms with Crippen molar-refractivity contribution < 1.29 is 9.90 Å². The molecular weight excluding hydrogens is 188 g/mol. The normalized spacial score (nSPS) is 20.8. The van der Waals surface area contributed by atoms with Crippen molar-refractivity contribution in [1.29, 1.82) is 0 Å². The molecule has 0 amide bonds. The molecule has 1 aromatic carbocycles. The lowest BCUT2D eigenvalue weighted by molar-refractivity contribution is -0.132. The van der Waals surface area contributed by atoms with Gasteiger partial charge in [-0.25, -0.2) is 4.79 Å². The summed E-state index contributed by atoms with van der Waals surface area (Å²) >= 11 is 0. The molecule has 0 radical (unpaired) electrons. The van der Waals surface area contributed by atoms with Crippen molar-refractivity contribution in [3.05, 3.63) is 47.5 Å². The Morgan fingerprint density at radius 3 is 2.67 bits per heavy atom. The van der Waals surface area contributed by atoms with E-state index in [1.807, 2.05) is 24.3 Å². The molecule has 0 aromatic heterocycles. The molecule has 78 valence electrons. The van der Waals surface area contributed by atoms with E-state index in [1.165, 1.54) is 5.56 Å². The molecule has 0 bridgehead atoms. The molecule has 0 saturated carbocycles. The van der Waals surface area contributed by atoms with Gasteiger partial charge in [-0.1, -0.05) is 36.4 Å². The second-order valence-electron chi connectivity index (χ2n) is 3.91. The van der Waals surface area contributed by atoms with E-state index in [4.69, 9.17) is 5.11 Å². The minimum atomic E-state index is -0.768.